The number of rotatable bonds is 3. The van der Waals surface area contributed by atoms with E-state index in [0.29, 0.717) is 0 Å². The van der Waals surface area contributed by atoms with Gasteiger partial charge in [-0.05, 0) is 35.9 Å². The molecule has 0 unspecified atom stereocenters. The Morgan fingerprint density at radius 3 is 2.04 bits per heavy atom. The van der Waals surface area contributed by atoms with Gasteiger partial charge in [0.15, 0.2) is 0 Å². The normalized spacial score (nSPS) is 11.9. The maximum Gasteiger partial charge on any atom is 0.426 e. The van der Waals surface area contributed by atoms with Gasteiger partial charge in [0.2, 0.25) is 0 Å². The number of allylic oxidation sites excluding steroid dienone is 1. The van der Waals surface area contributed by atoms with Crippen LogP contribution < -0.4 is 10.6 Å². The predicted octanol–water partition coefficient (Wildman–Crippen LogP) is 6.10. The molecular weight excluding hydrogens is 428 g/mol. The SMILES string of the molecule is O=C(NC(=O)c1c(Cl)cccc1Cl)Nc1ccc(C=C(Cl)C(F)(F)F)cc1. The minimum absolute atomic E-state index is 0.0572. The lowest BCUT2D eigenvalue weighted by Gasteiger charge is -2.09. The second kappa shape index (κ2) is 8.65. The highest BCUT2D eigenvalue weighted by Gasteiger charge is 2.32. The number of urea groups is 1. The summed E-state index contributed by atoms with van der Waals surface area (Å²) in [6.45, 7) is 0. The Kier molecular flexibility index (Phi) is 6.75. The van der Waals surface area contributed by atoms with Crippen molar-refractivity contribution in [2.45, 2.75) is 6.18 Å². The third-order valence-electron chi connectivity index (χ3n) is 3.15. The van der Waals surface area contributed by atoms with Crippen molar-refractivity contribution in [2.75, 3.05) is 5.32 Å². The number of halogens is 6. The van der Waals surface area contributed by atoms with Gasteiger partial charge in [0, 0.05) is 5.69 Å². The summed E-state index contributed by atoms with van der Waals surface area (Å²) in [7, 11) is 0. The zero-order valence-electron chi connectivity index (χ0n) is 13.2. The number of anilines is 1. The fourth-order valence-corrected chi connectivity index (χ4v) is 2.63. The quantitative estimate of drug-likeness (QED) is 0.610. The van der Waals surface area contributed by atoms with E-state index in [1.54, 1.807) is 6.07 Å². The molecule has 2 aromatic rings. The van der Waals surface area contributed by atoms with Crippen molar-refractivity contribution in [3.05, 3.63) is 68.7 Å². The van der Waals surface area contributed by atoms with E-state index in [1.807, 2.05) is 0 Å². The van der Waals surface area contributed by atoms with Crippen molar-refractivity contribution >= 4 is 58.5 Å². The lowest BCUT2D eigenvalue weighted by atomic mass is 10.2. The summed E-state index contributed by atoms with van der Waals surface area (Å²) in [5.41, 5.74) is 0.367. The predicted molar refractivity (Wildman–Crippen MR) is 99.3 cm³/mol. The lowest BCUT2D eigenvalue weighted by Crippen LogP contribution is -2.34. The first-order valence-electron chi connectivity index (χ1n) is 7.18. The van der Waals surface area contributed by atoms with E-state index in [2.05, 4.69) is 10.6 Å². The van der Waals surface area contributed by atoms with Gasteiger partial charge in [-0.2, -0.15) is 13.2 Å². The molecule has 0 atom stereocenters. The number of nitrogens with one attached hydrogen (secondary N) is 2. The molecule has 2 rings (SSSR count). The summed E-state index contributed by atoms with van der Waals surface area (Å²) >= 11 is 16.9. The standard InChI is InChI=1S/C17H10Cl3F3N2O2/c18-11-2-1-3-12(19)14(11)15(26)25-16(27)24-10-6-4-9(5-7-10)8-13(20)17(21,22)23/h1-8H,(H2,24,25,26,27). The van der Waals surface area contributed by atoms with Gasteiger partial charge in [-0.3, -0.25) is 10.1 Å². The minimum atomic E-state index is -4.64. The smallest absolute Gasteiger partial charge is 0.308 e. The molecule has 142 valence electrons. The maximum absolute atomic E-state index is 12.4. The average molecular weight is 438 g/mol. The van der Waals surface area contributed by atoms with Crippen LogP contribution in [-0.4, -0.2) is 18.1 Å². The largest absolute Gasteiger partial charge is 0.426 e. The fraction of sp³-hybridized carbons (Fsp3) is 0.0588. The van der Waals surface area contributed by atoms with Gasteiger partial charge in [0.1, 0.15) is 5.03 Å². The zero-order valence-corrected chi connectivity index (χ0v) is 15.5. The van der Waals surface area contributed by atoms with Crippen molar-refractivity contribution in [3.63, 3.8) is 0 Å². The first-order chi connectivity index (χ1) is 12.6. The summed E-state index contributed by atoms with van der Waals surface area (Å²) in [6, 6.07) is 8.89. The van der Waals surface area contributed by atoms with Crippen LogP contribution >= 0.6 is 34.8 Å². The molecule has 0 heterocycles. The minimum Gasteiger partial charge on any atom is -0.308 e. The van der Waals surface area contributed by atoms with Gasteiger partial charge in [-0.15, -0.1) is 0 Å². The Hall–Kier alpha value is -2.22. The molecule has 3 amide bonds. The van der Waals surface area contributed by atoms with E-state index in [0.717, 1.165) is 6.08 Å². The van der Waals surface area contributed by atoms with Gasteiger partial charge in [0.05, 0.1) is 15.6 Å². The van der Waals surface area contributed by atoms with Crippen LogP contribution in [0.25, 0.3) is 6.08 Å². The zero-order chi connectivity index (χ0) is 20.2. The van der Waals surface area contributed by atoms with Gasteiger partial charge in [0.25, 0.3) is 5.91 Å². The highest BCUT2D eigenvalue weighted by molar-refractivity contribution is 6.40. The van der Waals surface area contributed by atoms with Crippen LogP contribution in [-0.2, 0) is 0 Å². The van der Waals surface area contributed by atoms with E-state index in [-0.39, 0.29) is 26.9 Å². The van der Waals surface area contributed by atoms with Crippen molar-refractivity contribution < 1.29 is 22.8 Å². The first kappa shape index (κ1) is 21.1. The third-order valence-corrected chi connectivity index (χ3v) is 4.10. The molecule has 0 aliphatic carbocycles. The number of alkyl halides is 3. The van der Waals surface area contributed by atoms with Crippen LogP contribution in [0.1, 0.15) is 15.9 Å². The molecule has 2 N–H and O–H groups in total. The fourth-order valence-electron chi connectivity index (χ4n) is 1.93. The van der Waals surface area contributed by atoms with Crippen LogP contribution in [0.4, 0.5) is 23.7 Å². The Morgan fingerprint density at radius 1 is 0.963 bits per heavy atom. The molecule has 10 heteroatoms. The van der Waals surface area contributed by atoms with E-state index in [4.69, 9.17) is 34.8 Å². The van der Waals surface area contributed by atoms with Crippen LogP contribution in [0, 0.1) is 0 Å². The van der Waals surface area contributed by atoms with Crippen molar-refractivity contribution in [1.29, 1.82) is 0 Å². The number of carbonyl (C=O) groups excluding carboxylic acids is 2. The summed E-state index contributed by atoms with van der Waals surface area (Å²) in [6.07, 6.45) is -3.90. The monoisotopic (exact) mass is 436 g/mol. The third kappa shape index (κ3) is 5.89. The molecule has 0 saturated carbocycles. The summed E-state index contributed by atoms with van der Waals surface area (Å²) < 4.78 is 37.2. The second-order valence-electron chi connectivity index (χ2n) is 5.12. The molecule has 2 aromatic carbocycles. The molecule has 0 aromatic heterocycles. The lowest BCUT2D eigenvalue weighted by molar-refractivity contribution is -0.0836. The number of hydrogen-bond acceptors (Lipinski definition) is 2. The summed E-state index contributed by atoms with van der Waals surface area (Å²) in [4.78, 5) is 24.0. The highest BCUT2D eigenvalue weighted by atomic mass is 35.5. The molecule has 0 fully saturated rings. The van der Waals surface area contributed by atoms with Crippen LogP contribution in [0.2, 0.25) is 10.0 Å². The number of carbonyl (C=O) groups is 2. The van der Waals surface area contributed by atoms with Gasteiger partial charge < -0.3 is 5.32 Å². The molecule has 0 aliphatic rings. The summed E-state index contributed by atoms with van der Waals surface area (Å²) in [5, 5.41) is 3.29. The van der Waals surface area contributed by atoms with Crippen LogP contribution in [0.5, 0.6) is 0 Å². The van der Waals surface area contributed by atoms with Gasteiger partial charge in [-0.1, -0.05) is 53.0 Å². The Labute approximate surface area is 166 Å². The molecular formula is C17H10Cl3F3N2O2. The van der Waals surface area contributed by atoms with E-state index >= 15 is 0 Å². The van der Waals surface area contributed by atoms with Crippen LogP contribution in [0.15, 0.2) is 47.5 Å². The van der Waals surface area contributed by atoms with Crippen molar-refractivity contribution in [2.24, 2.45) is 0 Å². The maximum atomic E-state index is 12.4. The molecule has 4 nitrogen and oxygen atoms in total. The van der Waals surface area contributed by atoms with E-state index in [9.17, 15) is 22.8 Å². The first-order valence-corrected chi connectivity index (χ1v) is 8.32. The number of benzene rings is 2. The van der Waals surface area contributed by atoms with Crippen molar-refractivity contribution in [3.8, 4) is 0 Å². The van der Waals surface area contributed by atoms with Crippen molar-refractivity contribution in [1.82, 2.24) is 5.32 Å². The van der Waals surface area contributed by atoms with E-state index in [1.165, 1.54) is 36.4 Å². The van der Waals surface area contributed by atoms with Gasteiger partial charge >= 0.3 is 12.2 Å². The van der Waals surface area contributed by atoms with Crippen LogP contribution in [0.3, 0.4) is 0 Å². The average Bonchev–Trinajstić information content (AvgIpc) is 2.55. The Balaban J connectivity index is 2.03. The Morgan fingerprint density at radius 2 is 1.52 bits per heavy atom. The molecule has 0 spiro atoms. The highest BCUT2D eigenvalue weighted by Crippen LogP contribution is 2.30. The molecule has 27 heavy (non-hydrogen) atoms. The Bertz CT molecular complexity index is 877. The number of hydrogen-bond donors (Lipinski definition) is 2. The summed E-state index contributed by atoms with van der Waals surface area (Å²) in [5.74, 6) is -0.806. The van der Waals surface area contributed by atoms with E-state index < -0.39 is 23.1 Å². The second-order valence-corrected chi connectivity index (χ2v) is 6.34. The molecule has 0 saturated heterocycles. The molecule has 0 aliphatic heterocycles. The topological polar surface area (TPSA) is 58.2 Å². The van der Waals surface area contributed by atoms with Gasteiger partial charge in [-0.25, -0.2) is 4.79 Å². The number of amides is 3. The molecule has 0 radical (unpaired) electrons. The number of imide groups is 1. The molecule has 0 bridgehead atoms.